The van der Waals surface area contributed by atoms with Gasteiger partial charge in [-0.15, -0.1) is 0 Å². The first-order valence-corrected chi connectivity index (χ1v) is 3.65. The molecule has 0 aromatic rings. The minimum atomic E-state index is 0.139. The fourth-order valence-corrected chi connectivity index (χ4v) is 0.675. The highest BCUT2D eigenvalue weighted by molar-refractivity contribution is 14.1. The van der Waals surface area contributed by atoms with Crippen molar-refractivity contribution in [1.29, 1.82) is 0 Å². The Kier molecular flexibility index (Phi) is 4.45. The molecule has 0 fully saturated rings. The number of hydrogen-bond acceptors (Lipinski definition) is 2. The normalized spacial score (nSPS) is 13.4. The predicted molar refractivity (Wildman–Crippen MR) is 41.9 cm³/mol. The van der Waals surface area contributed by atoms with Gasteiger partial charge < -0.3 is 5.73 Å². The number of carbonyl (C=O) groups excluding carboxylic acids is 1. The van der Waals surface area contributed by atoms with Crippen molar-refractivity contribution in [3.05, 3.63) is 0 Å². The van der Waals surface area contributed by atoms with Crippen molar-refractivity contribution >= 4 is 26.4 Å². The highest BCUT2D eigenvalue weighted by Gasteiger charge is 2.05. The molecule has 0 saturated carbocycles. The van der Waals surface area contributed by atoms with Crippen molar-refractivity contribution < 1.29 is 4.79 Å². The second kappa shape index (κ2) is 4.26. The fourth-order valence-electron chi connectivity index (χ4n) is 0.363. The molecule has 0 saturated heterocycles. The summed E-state index contributed by atoms with van der Waals surface area (Å²) in [6, 6.07) is 0. The van der Waals surface area contributed by atoms with Crippen LogP contribution in [0.5, 0.6) is 0 Å². The Morgan fingerprint density at radius 2 is 2.38 bits per heavy atom. The van der Waals surface area contributed by atoms with Gasteiger partial charge in [0.2, 0.25) is 0 Å². The lowest BCUT2D eigenvalue weighted by molar-refractivity contribution is -0.112. The molecule has 0 aliphatic heterocycles. The molecule has 8 heavy (non-hydrogen) atoms. The van der Waals surface area contributed by atoms with Gasteiger partial charge in [0.05, 0.1) is 0 Å². The third-order valence-electron chi connectivity index (χ3n) is 0.987. The van der Waals surface area contributed by atoms with E-state index >= 15 is 0 Å². The van der Waals surface area contributed by atoms with E-state index in [-0.39, 0.29) is 9.71 Å². The Morgan fingerprint density at radius 3 is 2.50 bits per heavy atom. The molecule has 0 rings (SSSR count). The average molecular weight is 227 g/mol. The van der Waals surface area contributed by atoms with Crippen molar-refractivity contribution in [2.45, 2.75) is 13.3 Å². The molecule has 0 spiro atoms. The Bertz CT molecular complexity index is 84.5. The second-order valence-corrected chi connectivity index (χ2v) is 2.85. The summed E-state index contributed by atoms with van der Waals surface area (Å²) in [4.78, 5) is 10.5. The van der Waals surface area contributed by atoms with Gasteiger partial charge in [-0.1, -0.05) is 6.92 Å². The molecule has 1 atom stereocenters. The summed E-state index contributed by atoms with van der Waals surface area (Å²) >= 11 is 1.80. The quantitative estimate of drug-likeness (QED) is 0.575. The van der Waals surface area contributed by atoms with Crippen LogP contribution in [-0.4, -0.2) is 10.3 Å². The standard InChI is InChI=1S/C5H10INO/c1-4(2-3-7)5(6)8/h4H,2-3,7H2,1H3/t4-/m0/s1. The fraction of sp³-hybridized carbons (Fsp3) is 0.800. The SMILES string of the molecule is C[C@@H](CCN)C(=O)I. The van der Waals surface area contributed by atoms with Gasteiger partial charge >= 0.3 is 0 Å². The van der Waals surface area contributed by atoms with Crippen molar-refractivity contribution in [2.75, 3.05) is 6.54 Å². The van der Waals surface area contributed by atoms with Gasteiger partial charge in [0.1, 0.15) is 0 Å². The van der Waals surface area contributed by atoms with E-state index in [1.165, 1.54) is 0 Å². The average Bonchev–Trinajstić information content (AvgIpc) is 1.67. The molecule has 0 heterocycles. The zero-order chi connectivity index (χ0) is 6.57. The molecule has 48 valence electrons. The highest BCUT2D eigenvalue weighted by atomic mass is 127. The minimum absolute atomic E-state index is 0.139. The van der Waals surface area contributed by atoms with Crippen molar-refractivity contribution in [3.8, 4) is 0 Å². The molecule has 0 bridgehead atoms. The smallest absolute Gasteiger partial charge is 0.195 e. The third kappa shape index (κ3) is 3.37. The van der Waals surface area contributed by atoms with Gasteiger partial charge in [-0.25, -0.2) is 0 Å². The van der Waals surface area contributed by atoms with E-state index in [4.69, 9.17) is 5.73 Å². The van der Waals surface area contributed by atoms with Crippen LogP contribution in [0.25, 0.3) is 0 Å². The summed E-state index contributed by atoms with van der Waals surface area (Å²) in [7, 11) is 0. The molecule has 0 radical (unpaired) electrons. The second-order valence-electron chi connectivity index (χ2n) is 1.78. The van der Waals surface area contributed by atoms with Gasteiger partial charge in [-0.2, -0.15) is 0 Å². The first-order valence-electron chi connectivity index (χ1n) is 2.58. The summed E-state index contributed by atoms with van der Waals surface area (Å²) in [6.07, 6.45) is 0.807. The first-order chi connectivity index (χ1) is 3.68. The summed E-state index contributed by atoms with van der Waals surface area (Å²) in [5, 5.41) is 0. The third-order valence-corrected chi connectivity index (χ3v) is 2.05. The van der Waals surface area contributed by atoms with Crippen LogP contribution in [0.2, 0.25) is 0 Å². The van der Waals surface area contributed by atoms with Crippen LogP contribution >= 0.6 is 22.6 Å². The highest BCUT2D eigenvalue weighted by Crippen LogP contribution is 2.05. The number of hydrogen-bond donors (Lipinski definition) is 1. The van der Waals surface area contributed by atoms with E-state index in [2.05, 4.69) is 0 Å². The van der Waals surface area contributed by atoms with E-state index in [1.807, 2.05) is 6.92 Å². The maximum absolute atomic E-state index is 10.5. The summed E-state index contributed by atoms with van der Waals surface area (Å²) in [5.41, 5.74) is 5.21. The van der Waals surface area contributed by atoms with Crippen LogP contribution in [0.1, 0.15) is 13.3 Å². The van der Waals surface area contributed by atoms with Gasteiger partial charge in [-0.05, 0) is 35.6 Å². The largest absolute Gasteiger partial charge is 0.330 e. The van der Waals surface area contributed by atoms with Gasteiger partial charge in [0.15, 0.2) is 3.79 Å². The number of halogens is 1. The molecule has 2 nitrogen and oxygen atoms in total. The van der Waals surface area contributed by atoms with Gasteiger partial charge in [-0.3, -0.25) is 4.79 Å². The van der Waals surface area contributed by atoms with Gasteiger partial charge in [0, 0.05) is 5.92 Å². The molecule has 3 heteroatoms. The Balaban J connectivity index is 3.32. The molecule has 0 aromatic heterocycles. The lowest BCUT2D eigenvalue weighted by atomic mass is 10.1. The number of rotatable bonds is 3. The summed E-state index contributed by atoms with van der Waals surface area (Å²) < 4.78 is 0.202. The number of carbonyl (C=O) groups is 1. The van der Waals surface area contributed by atoms with E-state index in [9.17, 15) is 4.79 Å². The van der Waals surface area contributed by atoms with E-state index in [0.717, 1.165) is 6.42 Å². The monoisotopic (exact) mass is 227 g/mol. The van der Waals surface area contributed by atoms with Crippen LogP contribution in [0, 0.1) is 5.92 Å². The van der Waals surface area contributed by atoms with Crippen LogP contribution in [0.15, 0.2) is 0 Å². The Hall–Kier alpha value is 0.360. The summed E-state index contributed by atoms with van der Waals surface area (Å²) in [5.74, 6) is 0.139. The molecule has 0 unspecified atom stereocenters. The van der Waals surface area contributed by atoms with Crippen molar-refractivity contribution in [3.63, 3.8) is 0 Å². The molecular formula is C5H10INO. The molecule has 0 amide bonds. The molecular weight excluding hydrogens is 217 g/mol. The Labute approximate surface area is 63.0 Å². The van der Waals surface area contributed by atoms with Crippen LogP contribution in [0.4, 0.5) is 0 Å². The maximum Gasteiger partial charge on any atom is 0.195 e. The first kappa shape index (κ1) is 8.36. The van der Waals surface area contributed by atoms with E-state index < -0.39 is 0 Å². The molecule has 0 aromatic carbocycles. The topological polar surface area (TPSA) is 43.1 Å². The molecule has 0 aliphatic carbocycles. The lowest BCUT2D eigenvalue weighted by Gasteiger charge is -2.00. The molecule has 0 aliphatic rings. The van der Waals surface area contributed by atoms with E-state index in [1.54, 1.807) is 22.6 Å². The Morgan fingerprint density at radius 1 is 1.88 bits per heavy atom. The number of nitrogens with two attached hydrogens (primary N) is 1. The maximum atomic E-state index is 10.5. The van der Waals surface area contributed by atoms with Crippen LogP contribution < -0.4 is 5.73 Å². The summed E-state index contributed by atoms with van der Waals surface area (Å²) in [6.45, 7) is 2.50. The minimum Gasteiger partial charge on any atom is -0.330 e. The zero-order valence-corrected chi connectivity index (χ0v) is 7.01. The lowest BCUT2D eigenvalue weighted by Crippen LogP contribution is -2.09. The van der Waals surface area contributed by atoms with Crippen molar-refractivity contribution in [1.82, 2.24) is 0 Å². The molecule has 2 N–H and O–H groups in total. The zero-order valence-electron chi connectivity index (χ0n) is 4.86. The van der Waals surface area contributed by atoms with Crippen molar-refractivity contribution in [2.24, 2.45) is 11.7 Å². The van der Waals surface area contributed by atoms with Crippen LogP contribution in [-0.2, 0) is 4.79 Å². The van der Waals surface area contributed by atoms with E-state index in [0.29, 0.717) is 6.54 Å². The predicted octanol–water partition coefficient (Wildman–Crippen LogP) is 0.933. The van der Waals surface area contributed by atoms with Gasteiger partial charge in [0.25, 0.3) is 0 Å². The van der Waals surface area contributed by atoms with Crippen LogP contribution in [0.3, 0.4) is 0 Å².